The summed E-state index contributed by atoms with van der Waals surface area (Å²) in [6.07, 6.45) is 4.82. The van der Waals surface area contributed by atoms with Crippen molar-refractivity contribution in [3.05, 3.63) is 53.9 Å². The summed E-state index contributed by atoms with van der Waals surface area (Å²) in [6, 6.07) is 10.6. The van der Waals surface area contributed by atoms with E-state index < -0.39 is 23.7 Å². The summed E-state index contributed by atoms with van der Waals surface area (Å²) >= 11 is 0. The van der Waals surface area contributed by atoms with E-state index in [-0.39, 0.29) is 36.0 Å². The molecule has 1 aromatic heterocycles. The molecule has 0 spiro atoms. The van der Waals surface area contributed by atoms with Gasteiger partial charge in [0.1, 0.15) is 6.10 Å². The number of ether oxygens (including phenoxy) is 3. The molecule has 1 aliphatic heterocycles. The third kappa shape index (κ3) is 6.47. The zero-order valence-electron chi connectivity index (χ0n) is 20.0. The number of esters is 1. The molecule has 4 atom stereocenters. The van der Waals surface area contributed by atoms with Gasteiger partial charge in [-0.05, 0) is 31.2 Å². The molecule has 8 nitrogen and oxygen atoms in total. The number of benzene rings is 1. The fraction of sp³-hybridized carbons (Fsp3) is 0.500. The van der Waals surface area contributed by atoms with Crippen LogP contribution >= 0.6 is 0 Å². The van der Waals surface area contributed by atoms with Crippen molar-refractivity contribution in [1.82, 2.24) is 10.3 Å². The first kappa shape index (κ1) is 25.5. The van der Waals surface area contributed by atoms with Crippen molar-refractivity contribution < 1.29 is 28.9 Å². The predicted molar refractivity (Wildman–Crippen MR) is 127 cm³/mol. The lowest BCUT2D eigenvalue weighted by atomic mass is 9.81. The molecule has 0 aliphatic carbocycles. The topological polar surface area (TPSA) is 107 Å². The van der Waals surface area contributed by atoms with E-state index in [9.17, 15) is 14.7 Å². The molecule has 0 saturated carbocycles. The lowest BCUT2D eigenvalue weighted by molar-refractivity contribution is -0.154. The van der Waals surface area contributed by atoms with Crippen LogP contribution in [0, 0.1) is 11.8 Å². The molecule has 1 fully saturated rings. The second-order valence-electron chi connectivity index (χ2n) is 8.67. The van der Waals surface area contributed by atoms with Gasteiger partial charge in [-0.15, -0.1) is 0 Å². The molecule has 0 unspecified atom stereocenters. The second kappa shape index (κ2) is 12.4. The van der Waals surface area contributed by atoms with Gasteiger partial charge in [-0.25, -0.2) is 9.78 Å². The number of carbonyl (C=O) groups is 2. The molecule has 2 aromatic rings. The number of unbranched alkanes of at least 4 members (excludes halogenated alkanes) is 1. The van der Waals surface area contributed by atoms with E-state index >= 15 is 0 Å². The Morgan fingerprint density at radius 3 is 2.71 bits per heavy atom. The van der Waals surface area contributed by atoms with Gasteiger partial charge in [0.25, 0.3) is 5.91 Å². The molecule has 184 valence electrons. The number of cyclic esters (lactones) is 1. The number of aromatic hydroxyl groups is 1. The van der Waals surface area contributed by atoms with E-state index in [4.69, 9.17) is 14.2 Å². The quantitative estimate of drug-likeness (QED) is 0.569. The fourth-order valence-corrected chi connectivity index (χ4v) is 4.40. The van der Waals surface area contributed by atoms with Gasteiger partial charge in [-0.3, -0.25) is 4.79 Å². The Morgan fingerprint density at radius 1 is 1.24 bits per heavy atom. The molecule has 8 heteroatoms. The van der Waals surface area contributed by atoms with Gasteiger partial charge in [-0.2, -0.15) is 0 Å². The van der Waals surface area contributed by atoms with Gasteiger partial charge in [0, 0.05) is 18.2 Å². The van der Waals surface area contributed by atoms with Gasteiger partial charge < -0.3 is 24.6 Å². The fourth-order valence-electron chi connectivity index (χ4n) is 4.40. The van der Waals surface area contributed by atoms with Crippen molar-refractivity contribution >= 4 is 11.9 Å². The Balaban J connectivity index is 1.76. The SMILES string of the molecule is CCCC[C@H]1[C@H](Cc2ccccc2)COC[C@H](NC(=O)c2nccc(OC)c2O)C(=O)O[C@@H]1C. The standard InChI is InChI=1S/C26H34N2O6/c1-4-5-11-20-17(2)34-26(31)21(16-33-15-19(20)14-18-9-7-6-8-10-18)28-25(30)23-24(29)22(32-3)12-13-27-23/h6-10,12-13,17,19-21,29H,4-5,11,14-16H2,1-3H3,(H,28,30)/t17-,19-,20-,21+/m1/s1. The summed E-state index contributed by atoms with van der Waals surface area (Å²) in [5.41, 5.74) is 0.975. The average Bonchev–Trinajstić information content (AvgIpc) is 2.88. The van der Waals surface area contributed by atoms with Crippen LogP contribution in [0.25, 0.3) is 0 Å². The van der Waals surface area contributed by atoms with Gasteiger partial charge in [0.15, 0.2) is 23.2 Å². The largest absolute Gasteiger partial charge is 0.503 e. The van der Waals surface area contributed by atoms with E-state index in [1.807, 2.05) is 25.1 Å². The summed E-state index contributed by atoms with van der Waals surface area (Å²) in [4.78, 5) is 29.7. The maximum Gasteiger partial charge on any atom is 0.331 e. The van der Waals surface area contributed by atoms with Crippen LogP contribution in [0.4, 0.5) is 0 Å². The Labute approximate surface area is 200 Å². The van der Waals surface area contributed by atoms with Crippen molar-refractivity contribution in [2.45, 2.75) is 51.7 Å². The van der Waals surface area contributed by atoms with Crippen LogP contribution in [-0.4, -0.2) is 54.4 Å². The van der Waals surface area contributed by atoms with Crippen LogP contribution in [0.15, 0.2) is 42.6 Å². The van der Waals surface area contributed by atoms with Gasteiger partial charge in [0.2, 0.25) is 0 Å². The molecule has 1 saturated heterocycles. The molecule has 34 heavy (non-hydrogen) atoms. The van der Waals surface area contributed by atoms with E-state index in [0.717, 1.165) is 25.7 Å². The maximum atomic E-state index is 13.0. The molecular weight excluding hydrogens is 436 g/mol. The minimum absolute atomic E-state index is 0.0339. The lowest BCUT2D eigenvalue weighted by Crippen LogP contribution is -2.46. The highest BCUT2D eigenvalue weighted by atomic mass is 16.6. The molecule has 1 aromatic carbocycles. The molecule has 3 rings (SSSR count). The van der Waals surface area contributed by atoms with E-state index in [1.165, 1.54) is 24.9 Å². The average molecular weight is 471 g/mol. The molecule has 0 bridgehead atoms. The summed E-state index contributed by atoms with van der Waals surface area (Å²) in [5.74, 6) is -1.26. The van der Waals surface area contributed by atoms with Crippen molar-refractivity contribution in [3.8, 4) is 11.5 Å². The maximum absolute atomic E-state index is 13.0. The first-order valence-electron chi connectivity index (χ1n) is 11.8. The van der Waals surface area contributed by atoms with Gasteiger partial charge >= 0.3 is 5.97 Å². The number of carbonyl (C=O) groups excluding carboxylic acids is 2. The highest BCUT2D eigenvalue weighted by Crippen LogP contribution is 2.30. The van der Waals surface area contributed by atoms with E-state index in [0.29, 0.717) is 6.61 Å². The number of rotatable bonds is 8. The minimum Gasteiger partial charge on any atom is -0.503 e. The van der Waals surface area contributed by atoms with E-state index in [2.05, 4.69) is 29.4 Å². The van der Waals surface area contributed by atoms with Crippen molar-refractivity contribution in [2.24, 2.45) is 11.8 Å². The van der Waals surface area contributed by atoms with Crippen molar-refractivity contribution in [3.63, 3.8) is 0 Å². The number of hydrogen-bond acceptors (Lipinski definition) is 7. The Kier molecular flexibility index (Phi) is 9.27. The number of pyridine rings is 1. The smallest absolute Gasteiger partial charge is 0.331 e. The first-order valence-corrected chi connectivity index (χ1v) is 11.8. The minimum atomic E-state index is -1.02. The van der Waals surface area contributed by atoms with E-state index in [1.54, 1.807) is 0 Å². The molecule has 1 aliphatic rings. The van der Waals surface area contributed by atoms with Gasteiger partial charge in [0.05, 0.1) is 20.3 Å². The molecule has 2 N–H and O–H groups in total. The highest BCUT2D eigenvalue weighted by molar-refractivity contribution is 5.98. The number of amides is 1. The van der Waals surface area contributed by atoms with Crippen LogP contribution < -0.4 is 10.1 Å². The first-order chi connectivity index (χ1) is 16.4. The predicted octanol–water partition coefficient (Wildman–Crippen LogP) is 3.52. The molecule has 2 heterocycles. The van der Waals surface area contributed by atoms with Crippen LogP contribution in [0.1, 0.15) is 49.2 Å². The zero-order chi connectivity index (χ0) is 24.5. The van der Waals surface area contributed by atoms with Crippen molar-refractivity contribution in [1.29, 1.82) is 0 Å². The number of nitrogens with one attached hydrogen (secondary N) is 1. The lowest BCUT2D eigenvalue weighted by Gasteiger charge is -2.31. The Bertz CT molecular complexity index is 952. The number of methoxy groups -OCH3 is 1. The van der Waals surface area contributed by atoms with Gasteiger partial charge in [-0.1, -0.05) is 50.1 Å². The highest BCUT2D eigenvalue weighted by Gasteiger charge is 2.35. The summed E-state index contributed by atoms with van der Waals surface area (Å²) in [7, 11) is 1.38. The Hall–Kier alpha value is -3.13. The zero-order valence-corrected chi connectivity index (χ0v) is 20.0. The molecule has 0 radical (unpaired) electrons. The third-order valence-electron chi connectivity index (χ3n) is 6.27. The number of aromatic nitrogens is 1. The van der Waals surface area contributed by atoms with Crippen LogP contribution in [0.3, 0.4) is 0 Å². The third-order valence-corrected chi connectivity index (χ3v) is 6.27. The van der Waals surface area contributed by atoms with Crippen molar-refractivity contribution in [2.75, 3.05) is 20.3 Å². The monoisotopic (exact) mass is 470 g/mol. The normalized spacial score (nSPS) is 23.2. The number of nitrogens with zero attached hydrogens (tertiary/aromatic N) is 1. The molecule has 1 amide bonds. The molecular formula is C26H34N2O6. The Morgan fingerprint density at radius 2 is 2.00 bits per heavy atom. The summed E-state index contributed by atoms with van der Waals surface area (Å²) in [6.45, 7) is 4.46. The van der Waals surface area contributed by atoms with Crippen LogP contribution in [0.5, 0.6) is 11.5 Å². The number of hydrogen-bond donors (Lipinski definition) is 2. The van der Waals surface area contributed by atoms with Crippen LogP contribution in [-0.2, 0) is 20.7 Å². The summed E-state index contributed by atoms with van der Waals surface area (Å²) in [5, 5.41) is 12.8. The summed E-state index contributed by atoms with van der Waals surface area (Å²) < 4.78 is 16.8. The second-order valence-corrected chi connectivity index (χ2v) is 8.67. The van der Waals surface area contributed by atoms with Crippen LogP contribution in [0.2, 0.25) is 0 Å².